The fourth-order valence-electron chi connectivity index (χ4n) is 4.99. The van der Waals surface area contributed by atoms with Crippen molar-refractivity contribution in [3.8, 4) is 11.5 Å². The highest BCUT2D eigenvalue weighted by molar-refractivity contribution is 7.89. The quantitative estimate of drug-likeness (QED) is 0.680. The molecule has 3 heterocycles. The first-order chi connectivity index (χ1) is 15.0. The van der Waals surface area contributed by atoms with E-state index in [1.165, 1.54) is 14.2 Å². The van der Waals surface area contributed by atoms with Gasteiger partial charge in [0, 0.05) is 38.4 Å². The molecular weight excluding hydrogens is 414 g/mol. The smallest absolute Gasteiger partial charge is 0.246 e. The Bertz CT molecular complexity index is 995. The van der Waals surface area contributed by atoms with E-state index in [1.54, 1.807) is 22.5 Å². The van der Waals surface area contributed by atoms with Gasteiger partial charge in [-0.05, 0) is 61.9 Å². The average molecular weight is 446 g/mol. The summed E-state index contributed by atoms with van der Waals surface area (Å²) in [5.74, 6) is 0.853. The van der Waals surface area contributed by atoms with Crippen molar-refractivity contribution < 1.29 is 17.9 Å². The minimum Gasteiger partial charge on any atom is -0.497 e. The van der Waals surface area contributed by atoms with Gasteiger partial charge in [0.1, 0.15) is 16.4 Å². The lowest BCUT2D eigenvalue weighted by Crippen LogP contribution is -2.53. The standard InChI is InChI=1S/C23H31N3O4S/c1-29-20-8-9-21(30-2)22(15-20)31(27,28)26-14-6-11-23(18-26)10-5-13-25(17-23)16-19-7-3-4-12-24-19/h3-4,7-9,12,15H,5-6,10-11,13-14,16-18H2,1-2H3. The van der Waals surface area contributed by atoms with Gasteiger partial charge in [-0.2, -0.15) is 4.31 Å². The third kappa shape index (κ3) is 4.71. The van der Waals surface area contributed by atoms with E-state index in [4.69, 9.17) is 9.47 Å². The van der Waals surface area contributed by atoms with E-state index < -0.39 is 10.0 Å². The molecule has 2 aromatic rings. The van der Waals surface area contributed by atoms with Crippen molar-refractivity contribution in [3.05, 3.63) is 48.3 Å². The molecule has 8 heteroatoms. The van der Waals surface area contributed by atoms with Gasteiger partial charge in [-0.3, -0.25) is 9.88 Å². The van der Waals surface area contributed by atoms with Gasteiger partial charge in [0.25, 0.3) is 0 Å². The fourth-order valence-corrected chi connectivity index (χ4v) is 6.75. The molecule has 0 aliphatic carbocycles. The molecule has 1 spiro atoms. The zero-order chi connectivity index (χ0) is 21.9. The maximum atomic E-state index is 13.6. The number of benzene rings is 1. The number of aromatic nitrogens is 1. The zero-order valence-electron chi connectivity index (χ0n) is 18.3. The highest BCUT2D eigenvalue weighted by atomic mass is 32.2. The second kappa shape index (κ2) is 9.14. The summed E-state index contributed by atoms with van der Waals surface area (Å²) in [6.45, 7) is 3.79. The summed E-state index contributed by atoms with van der Waals surface area (Å²) in [7, 11) is -0.662. The number of methoxy groups -OCH3 is 2. The number of nitrogens with zero attached hydrogens (tertiary/aromatic N) is 3. The van der Waals surface area contributed by atoms with E-state index in [9.17, 15) is 8.42 Å². The molecule has 2 fully saturated rings. The molecule has 4 rings (SSSR count). The second-order valence-corrected chi connectivity index (χ2v) is 10.5. The Labute approximate surface area is 185 Å². The summed E-state index contributed by atoms with van der Waals surface area (Å²) >= 11 is 0. The van der Waals surface area contributed by atoms with Crippen molar-refractivity contribution in [2.75, 3.05) is 40.4 Å². The van der Waals surface area contributed by atoms with Crippen LogP contribution < -0.4 is 9.47 Å². The van der Waals surface area contributed by atoms with Gasteiger partial charge < -0.3 is 9.47 Å². The highest BCUT2D eigenvalue weighted by Crippen LogP contribution is 2.41. The number of likely N-dealkylation sites (tertiary alicyclic amines) is 1. The van der Waals surface area contributed by atoms with Gasteiger partial charge in [-0.15, -0.1) is 0 Å². The van der Waals surface area contributed by atoms with Crippen LogP contribution in [0.3, 0.4) is 0 Å². The Kier molecular flexibility index (Phi) is 6.50. The molecule has 0 radical (unpaired) electrons. The van der Waals surface area contributed by atoms with Crippen molar-refractivity contribution in [2.45, 2.75) is 37.1 Å². The summed E-state index contributed by atoms with van der Waals surface area (Å²) in [6, 6.07) is 10.9. The third-order valence-corrected chi connectivity index (χ3v) is 8.33. The van der Waals surface area contributed by atoms with Crippen molar-refractivity contribution in [1.29, 1.82) is 0 Å². The van der Waals surface area contributed by atoms with Crippen LogP contribution >= 0.6 is 0 Å². The Morgan fingerprint density at radius 3 is 2.55 bits per heavy atom. The average Bonchev–Trinajstić information content (AvgIpc) is 2.79. The summed E-state index contributed by atoms with van der Waals surface area (Å²) in [5.41, 5.74) is 1.03. The van der Waals surface area contributed by atoms with Crippen molar-refractivity contribution in [3.63, 3.8) is 0 Å². The van der Waals surface area contributed by atoms with Gasteiger partial charge in [0.05, 0.1) is 19.9 Å². The molecule has 2 saturated heterocycles. The van der Waals surface area contributed by atoms with Crippen LogP contribution in [0.15, 0.2) is 47.5 Å². The predicted octanol–water partition coefficient (Wildman–Crippen LogP) is 3.17. The van der Waals surface area contributed by atoms with E-state index in [1.807, 2.05) is 24.4 Å². The van der Waals surface area contributed by atoms with E-state index >= 15 is 0 Å². The lowest BCUT2D eigenvalue weighted by molar-refractivity contribution is 0.0356. The summed E-state index contributed by atoms with van der Waals surface area (Å²) in [4.78, 5) is 7.06. The fraction of sp³-hybridized carbons (Fsp3) is 0.522. The molecule has 0 bridgehead atoms. The topological polar surface area (TPSA) is 72.0 Å². The number of hydrogen-bond acceptors (Lipinski definition) is 6. The Hall–Kier alpha value is -2.16. The van der Waals surface area contributed by atoms with Gasteiger partial charge in [0.2, 0.25) is 10.0 Å². The highest BCUT2D eigenvalue weighted by Gasteiger charge is 2.43. The molecule has 2 aliphatic rings. The molecule has 0 amide bonds. The first-order valence-electron chi connectivity index (χ1n) is 10.8. The number of hydrogen-bond donors (Lipinski definition) is 0. The largest absolute Gasteiger partial charge is 0.497 e. The predicted molar refractivity (Wildman–Crippen MR) is 119 cm³/mol. The Balaban J connectivity index is 1.55. The molecule has 1 atom stereocenters. The minimum atomic E-state index is -3.69. The number of piperidine rings is 2. The summed E-state index contributed by atoms with van der Waals surface area (Å²) in [6.07, 6.45) is 5.86. The van der Waals surface area contributed by atoms with Crippen LogP contribution in [0.25, 0.3) is 0 Å². The normalized spacial score (nSPS) is 23.0. The van der Waals surface area contributed by atoms with Crippen LogP contribution in [-0.4, -0.2) is 63.0 Å². The van der Waals surface area contributed by atoms with Gasteiger partial charge in [0.15, 0.2) is 0 Å². The minimum absolute atomic E-state index is 0.0234. The van der Waals surface area contributed by atoms with E-state index in [2.05, 4.69) is 9.88 Å². The van der Waals surface area contributed by atoms with Crippen LogP contribution in [0.4, 0.5) is 0 Å². The van der Waals surface area contributed by atoms with Gasteiger partial charge in [-0.1, -0.05) is 6.07 Å². The maximum Gasteiger partial charge on any atom is 0.246 e. The van der Waals surface area contributed by atoms with Crippen LogP contribution in [0.2, 0.25) is 0 Å². The molecule has 1 aromatic heterocycles. The monoisotopic (exact) mass is 445 g/mol. The van der Waals surface area contributed by atoms with Crippen LogP contribution in [0.5, 0.6) is 11.5 Å². The first-order valence-corrected chi connectivity index (χ1v) is 12.2. The third-order valence-electron chi connectivity index (χ3n) is 6.47. The van der Waals surface area contributed by atoms with Crippen LogP contribution in [-0.2, 0) is 16.6 Å². The number of pyridine rings is 1. The van der Waals surface area contributed by atoms with Gasteiger partial charge in [-0.25, -0.2) is 8.42 Å². The lowest BCUT2D eigenvalue weighted by atomic mass is 9.74. The first kappa shape index (κ1) is 22.0. The Morgan fingerprint density at radius 2 is 1.84 bits per heavy atom. The van der Waals surface area contributed by atoms with E-state index in [-0.39, 0.29) is 10.3 Å². The van der Waals surface area contributed by atoms with Crippen LogP contribution in [0, 0.1) is 5.41 Å². The van der Waals surface area contributed by atoms with E-state index in [0.29, 0.717) is 24.6 Å². The van der Waals surface area contributed by atoms with Crippen LogP contribution in [0.1, 0.15) is 31.4 Å². The Morgan fingerprint density at radius 1 is 1.03 bits per heavy atom. The number of sulfonamides is 1. The second-order valence-electron chi connectivity index (χ2n) is 8.59. The molecule has 1 unspecified atom stereocenters. The van der Waals surface area contributed by atoms with E-state index in [0.717, 1.165) is 51.0 Å². The van der Waals surface area contributed by atoms with Crippen molar-refractivity contribution in [2.24, 2.45) is 5.41 Å². The number of rotatable bonds is 6. The molecular formula is C23H31N3O4S. The van der Waals surface area contributed by atoms with Crippen molar-refractivity contribution >= 4 is 10.0 Å². The molecule has 1 aromatic carbocycles. The molecule has 31 heavy (non-hydrogen) atoms. The SMILES string of the molecule is COc1ccc(OC)c(S(=O)(=O)N2CCCC3(CCCN(Cc4ccccn4)C3)C2)c1. The molecule has 0 saturated carbocycles. The van der Waals surface area contributed by atoms with Gasteiger partial charge >= 0.3 is 0 Å². The summed E-state index contributed by atoms with van der Waals surface area (Å²) in [5, 5.41) is 0. The maximum absolute atomic E-state index is 13.6. The molecule has 7 nitrogen and oxygen atoms in total. The molecule has 168 valence electrons. The zero-order valence-corrected chi connectivity index (χ0v) is 19.1. The van der Waals surface area contributed by atoms with Crippen molar-refractivity contribution in [1.82, 2.24) is 14.2 Å². The lowest BCUT2D eigenvalue weighted by Gasteiger charge is -2.48. The molecule has 0 N–H and O–H groups in total. The summed E-state index contributed by atoms with van der Waals surface area (Å²) < 4.78 is 39.5. The molecule has 2 aliphatic heterocycles. The number of ether oxygens (including phenoxy) is 2.